The number of nitrogens with one attached hydrogen (secondary N) is 1. The van der Waals surface area contributed by atoms with Crippen molar-refractivity contribution in [2.45, 2.75) is 31.4 Å². The lowest BCUT2D eigenvalue weighted by Crippen LogP contribution is -2.53. The highest BCUT2D eigenvalue weighted by atomic mass is 19.1. The van der Waals surface area contributed by atoms with E-state index < -0.39 is 5.60 Å². The Bertz CT molecular complexity index is 715. The van der Waals surface area contributed by atoms with Crippen LogP contribution in [0.4, 0.5) is 4.39 Å². The summed E-state index contributed by atoms with van der Waals surface area (Å²) in [5, 5.41) is 14.2. The van der Waals surface area contributed by atoms with Crippen LogP contribution in [0.25, 0.3) is 0 Å². The number of benzene rings is 2. The molecule has 0 bridgehead atoms. The first-order valence-corrected chi connectivity index (χ1v) is 9.60. The zero-order chi connectivity index (χ0) is 19.1. The maximum absolute atomic E-state index is 14.2. The van der Waals surface area contributed by atoms with Crippen LogP contribution in [-0.2, 0) is 13.0 Å². The van der Waals surface area contributed by atoms with E-state index in [2.05, 4.69) is 22.3 Å². The first-order chi connectivity index (χ1) is 13.1. The largest absolute Gasteiger partial charge is 0.497 e. The highest BCUT2D eigenvalue weighted by Gasteiger charge is 2.31. The lowest BCUT2D eigenvalue weighted by Gasteiger charge is -2.37. The molecule has 2 aromatic rings. The zero-order valence-corrected chi connectivity index (χ0v) is 16.0. The molecule has 1 fully saturated rings. The SMILES string of the molecule is COc1ccc(CCN(Cc2ccccc2F)CC2(O)CCCNC2)cc1. The molecule has 0 saturated carbocycles. The van der Waals surface area contributed by atoms with Gasteiger partial charge in [-0.25, -0.2) is 4.39 Å². The smallest absolute Gasteiger partial charge is 0.127 e. The molecular weight excluding hydrogens is 343 g/mol. The van der Waals surface area contributed by atoms with Gasteiger partial charge in [0.1, 0.15) is 11.6 Å². The molecule has 2 aromatic carbocycles. The molecule has 27 heavy (non-hydrogen) atoms. The molecule has 1 aliphatic heterocycles. The van der Waals surface area contributed by atoms with Crippen LogP contribution in [0.5, 0.6) is 5.75 Å². The Kier molecular flexibility index (Phi) is 6.83. The van der Waals surface area contributed by atoms with Gasteiger partial charge in [0, 0.05) is 31.7 Å². The van der Waals surface area contributed by atoms with Crippen molar-refractivity contribution >= 4 is 0 Å². The maximum Gasteiger partial charge on any atom is 0.127 e. The van der Waals surface area contributed by atoms with Gasteiger partial charge in [-0.2, -0.15) is 0 Å². The third-order valence-electron chi connectivity index (χ3n) is 5.20. The first-order valence-electron chi connectivity index (χ1n) is 9.60. The Morgan fingerprint density at radius 3 is 2.63 bits per heavy atom. The number of β-amino-alcohol motifs (C(OH)–C–C–N with tert-alkyl or cyclic N) is 1. The molecule has 5 heteroatoms. The summed E-state index contributed by atoms with van der Waals surface area (Å²) in [7, 11) is 1.66. The number of rotatable bonds is 8. The first kappa shape index (κ1) is 19.8. The van der Waals surface area contributed by atoms with Crippen molar-refractivity contribution in [2.24, 2.45) is 0 Å². The summed E-state index contributed by atoms with van der Waals surface area (Å²) >= 11 is 0. The Balaban J connectivity index is 1.68. The average Bonchev–Trinajstić information content (AvgIpc) is 2.68. The summed E-state index contributed by atoms with van der Waals surface area (Å²) in [4.78, 5) is 2.16. The number of nitrogens with zero attached hydrogens (tertiary/aromatic N) is 1. The minimum absolute atomic E-state index is 0.194. The molecule has 1 heterocycles. The van der Waals surface area contributed by atoms with E-state index in [4.69, 9.17) is 4.74 Å². The van der Waals surface area contributed by atoms with Crippen LogP contribution in [0.3, 0.4) is 0 Å². The van der Waals surface area contributed by atoms with Crippen LogP contribution < -0.4 is 10.1 Å². The molecule has 1 saturated heterocycles. The fourth-order valence-corrected chi connectivity index (χ4v) is 3.66. The van der Waals surface area contributed by atoms with Crippen LogP contribution in [0, 0.1) is 5.82 Å². The summed E-state index contributed by atoms with van der Waals surface area (Å²) in [5.74, 6) is 0.644. The van der Waals surface area contributed by atoms with Crippen molar-refractivity contribution in [1.29, 1.82) is 0 Å². The van der Waals surface area contributed by atoms with Gasteiger partial charge in [0.15, 0.2) is 0 Å². The molecule has 0 amide bonds. The van der Waals surface area contributed by atoms with Gasteiger partial charge in [-0.1, -0.05) is 30.3 Å². The number of hydrogen-bond acceptors (Lipinski definition) is 4. The van der Waals surface area contributed by atoms with Crippen molar-refractivity contribution in [1.82, 2.24) is 10.2 Å². The molecular formula is C22H29FN2O2. The van der Waals surface area contributed by atoms with Gasteiger partial charge in [0.05, 0.1) is 12.7 Å². The van der Waals surface area contributed by atoms with E-state index in [1.807, 2.05) is 24.3 Å². The predicted molar refractivity (Wildman–Crippen MR) is 105 cm³/mol. The van der Waals surface area contributed by atoms with E-state index in [1.54, 1.807) is 13.2 Å². The van der Waals surface area contributed by atoms with Gasteiger partial charge in [-0.3, -0.25) is 4.90 Å². The highest BCUT2D eigenvalue weighted by molar-refractivity contribution is 5.27. The molecule has 1 atom stereocenters. The minimum atomic E-state index is -0.761. The van der Waals surface area contributed by atoms with Gasteiger partial charge >= 0.3 is 0 Å². The third kappa shape index (κ3) is 5.76. The van der Waals surface area contributed by atoms with Crippen LogP contribution in [0.1, 0.15) is 24.0 Å². The molecule has 0 radical (unpaired) electrons. The second-order valence-corrected chi connectivity index (χ2v) is 7.40. The van der Waals surface area contributed by atoms with Crippen molar-refractivity contribution in [2.75, 3.05) is 33.3 Å². The molecule has 0 aromatic heterocycles. The lowest BCUT2D eigenvalue weighted by atomic mass is 9.93. The Labute approximate surface area is 161 Å². The second kappa shape index (κ2) is 9.31. The van der Waals surface area contributed by atoms with E-state index in [0.717, 1.165) is 38.1 Å². The molecule has 1 aliphatic rings. The molecule has 1 unspecified atom stereocenters. The third-order valence-corrected chi connectivity index (χ3v) is 5.20. The summed E-state index contributed by atoms with van der Waals surface area (Å²) < 4.78 is 19.4. The summed E-state index contributed by atoms with van der Waals surface area (Å²) in [6, 6.07) is 14.9. The van der Waals surface area contributed by atoms with E-state index in [1.165, 1.54) is 11.6 Å². The minimum Gasteiger partial charge on any atom is -0.497 e. The van der Waals surface area contributed by atoms with E-state index >= 15 is 0 Å². The van der Waals surface area contributed by atoms with Crippen molar-refractivity contribution in [3.63, 3.8) is 0 Å². The van der Waals surface area contributed by atoms with Crippen molar-refractivity contribution < 1.29 is 14.2 Å². The molecule has 2 N–H and O–H groups in total. The summed E-state index contributed by atoms with van der Waals surface area (Å²) in [6.07, 6.45) is 2.57. The van der Waals surface area contributed by atoms with Crippen LogP contribution >= 0.6 is 0 Å². The quantitative estimate of drug-likeness (QED) is 0.748. The number of ether oxygens (including phenoxy) is 1. The van der Waals surface area contributed by atoms with Gasteiger partial charge in [-0.15, -0.1) is 0 Å². The molecule has 4 nitrogen and oxygen atoms in total. The zero-order valence-electron chi connectivity index (χ0n) is 16.0. The van der Waals surface area contributed by atoms with Crippen LogP contribution in [0.15, 0.2) is 48.5 Å². The second-order valence-electron chi connectivity index (χ2n) is 7.40. The van der Waals surface area contributed by atoms with Gasteiger partial charge in [-0.05, 0) is 49.6 Å². The Morgan fingerprint density at radius 1 is 1.19 bits per heavy atom. The van der Waals surface area contributed by atoms with Gasteiger partial charge in [0.25, 0.3) is 0 Å². The summed E-state index contributed by atoms with van der Waals surface area (Å²) in [5.41, 5.74) is 1.10. The maximum atomic E-state index is 14.2. The Morgan fingerprint density at radius 2 is 1.96 bits per heavy atom. The average molecular weight is 372 g/mol. The van der Waals surface area contributed by atoms with Crippen LogP contribution in [-0.4, -0.2) is 48.9 Å². The van der Waals surface area contributed by atoms with E-state index in [-0.39, 0.29) is 5.82 Å². The molecule has 0 spiro atoms. The molecule has 3 rings (SSSR count). The fourth-order valence-electron chi connectivity index (χ4n) is 3.66. The number of aliphatic hydroxyl groups is 1. The number of methoxy groups -OCH3 is 1. The highest BCUT2D eigenvalue weighted by Crippen LogP contribution is 2.20. The predicted octanol–water partition coefficient (Wildman–Crippen LogP) is 2.99. The Hall–Kier alpha value is -1.95. The van der Waals surface area contributed by atoms with Crippen LogP contribution in [0.2, 0.25) is 0 Å². The van der Waals surface area contributed by atoms with Crippen molar-refractivity contribution in [3.8, 4) is 5.75 Å². The number of piperidine rings is 1. The standard InChI is InChI=1S/C22H29FN2O2/c1-27-20-9-7-18(8-10-20)11-14-25(15-19-5-2-3-6-21(19)23)17-22(26)12-4-13-24-16-22/h2-3,5-10,24,26H,4,11-17H2,1H3. The topological polar surface area (TPSA) is 44.7 Å². The van der Waals surface area contributed by atoms with E-state index in [9.17, 15) is 9.50 Å². The van der Waals surface area contributed by atoms with E-state index in [0.29, 0.717) is 25.2 Å². The summed E-state index contributed by atoms with van der Waals surface area (Å²) in [6.45, 7) is 3.31. The monoisotopic (exact) mass is 372 g/mol. The normalized spacial score (nSPS) is 20.0. The fraction of sp³-hybridized carbons (Fsp3) is 0.455. The molecule has 0 aliphatic carbocycles. The van der Waals surface area contributed by atoms with Crippen molar-refractivity contribution in [3.05, 3.63) is 65.5 Å². The van der Waals surface area contributed by atoms with Gasteiger partial charge in [0.2, 0.25) is 0 Å². The number of hydrogen-bond donors (Lipinski definition) is 2. The lowest BCUT2D eigenvalue weighted by molar-refractivity contribution is -0.0173. The van der Waals surface area contributed by atoms with Gasteiger partial charge < -0.3 is 15.2 Å². The number of halogens is 1. The molecule has 146 valence electrons.